The fourth-order valence-corrected chi connectivity index (χ4v) is 3.94. The first-order valence-electron chi connectivity index (χ1n) is 6.85. The molecule has 17 heavy (non-hydrogen) atoms. The summed E-state index contributed by atoms with van der Waals surface area (Å²) in [5.74, 6) is 0.601. The molecule has 0 aromatic heterocycles. The molecule has 1 heterocycles. The molecule has 2 atom stereocenters. The Morgan fingerprint density at radius 2 is 1.82 bits per heavy atom. The van der Waals surface area contributed by atoms with E-state index in [1.807, 2.05) is 0 Å². The lowest BCUT2D eigenvalue weighted by Gasteiger charge is -2.52. The van der Waals surface area contributed by atoms with Crippen LogP contribution in [0.5, 0.6) is 0 Å². The molecule has 2 aliphatic rings. The van der Waals surface area contributed by atoms with Crippen LogP contribution in [0, 0.1) is 16.7 Å². The van der Waals surface area contributed by atoms with Crippen molar-refractivity contribution in [3.63, 3.8) is 0 Å². The minimum atomic E-state index is -0.00738. The van der Waals surface area contributed by atoms with Gasteiger partial charge < -0.3 is 9.47 Å². The third-order valence-corrected chi connectivity index (χ3v) is 4.84. The van der Waals surface area contributed by atoms with Crippen molar-refractivity contribution >= 4 is 0 Å². The van der Waals surface area contributed by atoms with Crippen molar-refractivity contribution in [3.8, 4) is 0 Å². The molecule has 98 valence electrons. The molecule has 1 aliphatic carbocycles. The summed E-state index contributed by atoms with van der Waals surface area (Å²) in [5, 5.41) is 0. The fourth-order valence-electron chi connectivity index (χ4n) is 3.94. The zero-order valence-electron chi connectivity index (χ0n) is 11.5. The molecule has 2 fully saturated rings. The highest BCUT2D eigenvalue weighted by atomic mass is 16.7. The highest BCUT2D eigenvalue weighted by Crippen LogP contribution is 2.55. The van der Waals surface area contributed by atoms with Crippen LogP contribution in [0.15, 0.2) is 12.7 Å². The second-order valence-electron chi connectivity index (χ2n) is 6.50. The van der Waals surface area contributed by atoms with Crippen molar-refractivity contribution in [1.29, 1.82) is 0 Å². The highest BCUT2D eigenvalue weighted by Gasteiger charge is 2.51. The molecule has 0 aromatic rings. The van der Waals surface area contributed by atoms with Crippen LogP contribution < -0.4 is 0 Å². The molecule has 2 heteroatoms. The number of rotatable bonds is 3. The molecule has 2 rings (SSSR count). The van der Waals surface area contributed by atoms with Gasteiger partial charge in [-0.1, -0.05) is 33.3 Å². The van der Waals surface area contributed by atoms with Crippen LogP contribution in [-0.2, 0) is 9.47 Å². The zero-order chi connectivity index (χ0) is 12.5. The van der Waals surface area contributed by atoms with E-state index >= 15 is 0 Å². The van der Waals surface area contributed by atoms with Crippen molar-refractivity contribution in [2.75, 3.05) is 13.2 Å². The lowest BCUT2D eigenvalue weighted by Crippen LogP contribution is -2.49. The Hall–Kier alpha value is -0.340. The van der Waals surface area contributed by atoms with E-state index in [9.17, 15) is 0 Å². The summed E-state index contributed by atoms with van der Waals surface area (Å²) in [6.07, 6.45) is 6.90. The van der Waals surface area contributed by atoms with Crippen LogP contribution in [0.3, 0.4) is 0 Å². The average molecular weight is 238 g/mol. The second kappa shape index (κ2) is 4.74. The molecule has 2 nitrogen and oxygen atoms in total. The Kier molecular flexibility index (Phi) is 3.65. The van der Waals surface area contributed by atoms with Gasteiger partial charge in [0.2, 0.25) is 0 Å². The third-order valence-electron chi connectivity index (χ3n) is 4.84. The highest BCUT2D eigenvalue weighted by molar-refractivity contribution is 5.00. The predicted octanol–water partition coefficient (Wildman–Crippen LogP) is 3.77. The molecule has 0 radical (unpaired) electrons. The molecular formula is C15H26O2. The van der Waals surface area contributed by atoms with Crippen molar-refractivity contribution in [2.45, 2.75) is 52.7 Å². The smallest absolute Gasteiger partial charge is 0.163 e. The van der Waals surface area contributed by atoms with Gasteiger partial charge in [-0.3, -0.25) is 0 Å². The van der Waals surface area contributed by atoms with Crippen LogP contribution in [-0.4, -0.2) is 19.5 Å². The van der Waals surface area contributed by atoms with Gasteiger partial charge in [0, 0.05) is 5.41 Å². The van der Waals surface area contributed by atoms with Crippen molar-refractivity contribution in [2.24, 2.45) is 16.7 Å². The van der Waals surface area contributed by atoms with Gasteiger partial charge in [-0.25, -0.2) is 0 Å². The van der Waals surface area contributed by atoms with Crippen LogP contribution in [0.1, 0.15) is 46.5 Å². The molecule has 0 amide bonds. The first-order valence-corrected chi connectivity index (χ1v) is 6.85. The third kappa shape index (κ3) is 2.30. The first-order chi connectivity index (χ1) is 8.00. The Morgan fingerprint density at radius 3 is 2.41 bits per heavy atom. The monoisotopic (exact) mass is 238 g/mol. The molecule has 1 saturated carbocycles. The Morgan fingerprint density at radius 1 is 1.18 bits per heavy atom. The van der Waals surface area contributed by atoms with Gasteiger partial charge in [-0.2, -0.15) is 0 Å². The summed E-state index contributed by atoms with van der Waals surface area (Å²) in [6.45, 7) is 12.5. The maximum atomic E-state index is 5.81. The lowest BCUT2D eigenvalue weighted by atomic mass is 9.55. The van der Waals surface area contributed by atoms with E-state index in [4.69, 9.17) is 9.47 Å². The summed E-state index contributed by atoms with van der Waals surface area (Å²) in [6, 6.07) is 0. The largest absolute Gasteiger partial charge is 0.350 e. The Bertz CT molecular complexity index is 279. The number of hydrogen-bond acceptors (Lipinski definition) is 2. The molecule has 1 aliphatic heterocycles. The van der Waals surface area contributed by atoms with E-state index in [0.717, 1.165) is 19.6 Å². The molecule has 1 saturated heterocycles. The van der Waals surface area contributed by atoms with Crippen molar-refractivity contribution in [3.05, 3.63) is 12.7 Å². The Balaban J connectivity index is 2.24. The molecular weight excluding hydrogens is 212 g/mol. The maximum absolute atomic E-state index is 5.81. The van der Waals surface area contributed by atoms with Gasteiger partial charge in [0.15, 0.2) is 6.29 Å². The normalized spacial score (nSPS) is 38.2. The SMILES string of the molecule is C=CC[C@H]1C(C)(C)CCC[C@]1(C)C1OCCO1. The van der Waals surface area contributed by atoms with Crippen molar-refractivity contribution in [1.82, 2.24) is 0 Å². The maximum Gasteiger partial charge on any atom is 0.163 e. The van der Waals surface area contributed by atoms with Crippen LogP contribution in [0.25, 0.3) is 0 Å². The van der Waals surface area contributed by atoms with Gasteiger partial charge in [0.1, 0.15) is 0 Å². The molecule has 0 unspecified atom stereocenters. The average Bonchev–Trinajstić information content (AvgIpc) is 2.77. The van der Waals surface area contributed by atoms with E-state index in [1.165, 1.54) is 19.3 Å². The summed E-state index contributed by atoms with van der Waals surface area (Å²) >= 11 is 0. The molecule has 0 aromatic carbocycles. The number of allylic oxidation sites excluding steroid dienone is 1. The van der Waals surface area contributed by atoms with E-state index in [0.29, 0.717) is 11.3 Å². The minimum absolute atomic E-state index is 0.00738. The lowest BCUT2D eigenvalue weighted by molar-refractivity contribution is -0.182. The minimum Gasteiger partial charge on any atom is -0.350 e. The van der Waals surface area contributed by atoms with Crippen LogP contribution >= 0.6 is 0 Å². The quantitative estimate of drug-likeness (QED) is 0.697. The summed E-state index contributed by atoms with van der Waals surface area (Å²) in [7, 11) is 0. The van der Waals surface area contributed by atoms with Gasteiger partial charge in [-0.05, 0) is 30.6 Å². The predicted molar refractivity (Wildman–Crippen MR) is 69.7 cm³/mol. The molecule has 0 spiro atoms. The van der Waals surface area contributed by atoms with Gasteiger partial charge in [0.05, 0.1) is 13.2 Å². The first kappa shape index (κ1) is 13.1. The van der Waals surface area contributed by atoms with Crippen LogP contribution in [0.2, 0.25) is 0 Å². The van der Waals surface area contributed by atoms with E-state index in [1.54, 1.807) is 0 Å². The van der Waals surface area contributed by atoms with Crippen LogP contribution in [0.4, 0.5) is 0 Å². The van der Waals surface area contributed by atoms with E-state index in [2.05, 4.69) is 33.4 Å². The van der Waals surface area contributed by atoms with Gasteiger partial charge in [0.25, 0.3) is 0 Å². The Labute approximate surface area is 105 Å². The van der Waals surface area contributed by atoms with E-state index < -0.39 is 0 Å². The van der Waals surface area contributed by atoms with Crippen molar-refractivity contribution < 1.29 is 9.47 Å². The second-order valence-corrected chi connectivity index (χ2v) is 6.50. The van der Waals surface area contributed by atoms with Gasteiger partial charge in [-0.15, -0.1) is 6.58 Å². The van der Waals surface area contributed by atoms with Gasteiger partial charge >= 0.3 is 0 Å². The number of ether oxygens (including phenoxy) is 2. The number of hydrogen-bond donors (Lipinski definition) is 0. The summed E-state index contributed by atoms with van der Waals surface area (Å²) in [4.78, 5) is 0. The van der Waals surface area contributed by atoms with E-state index in [-0.39, 0.29) is 11.7 Å². The summed E-state index contributed by atoms with van der Waals surface area (Å²) < 4.78 is 11.6. The summed E-state index contributed by atoms with van der Waals surface area (Å²) in [5.41, 5.74) is 0.503. The topological polar surface area (TPSA) is 18.5 Å². The fraction of sp³-hybridized carbons (Fsp3) is 0.867. The zero-order valence-corrected chi connectivity index (χ0v) is 11.5. The standard InChI is InChI=1S/C15H26O2/c1-5-7-12-14(2,3)8-6-9-15(12,4)13-16-10-11-17-13/h5,12-13H,1,6-11H2,2-4H3/t12-,15-/m0/s1. The molecule has 0 bridgehead atoms. The molecule has 0 N–H and O–H groups in total.